The summed E-state index contributed by atoms with van der Waals surface area (Å²) in [6.07, 6.45) is 0.230. The Bertz CT molecular complexity index is 1590. The maximum absolute atomic E-state index is 12.6. The molecule has 1 aromatic carbocycles. The smallest absolute Gasteiger partial charge is 0.306 e. The van der Waals surface area contributed by atoms with Crippen LogP contribution in [0.2, 0.25) is 5.02 Å². The molecule has 0 spiro atoms. The second-order valence-corrected chi connectivity index (χ2v) is 11.9. The van der Waals surface area contributed by atoms with Gasteiger partial charge in [-0.05, 0) is 23.3 Å². The van der Waals surface area contributed by atoms with Crippen LogP contribution < -0.4 is 18.9 Å². The van der Waals surface area contributed by atoms with E-state index in [0.29, 0.717) is 50.3 Å². The van der Waals surface area contributed by atoms with Gasteiger partial charge in [0.05, 0.1) is 59.4 Å². The fourth-order valence-corrected chi connectivity index (χ4v) is 5.90. The first-order valence-electron chi connectivity index (χ1n) is 13.8. The number of halogens is 1. The van der Waals surface area contributed by atoms with Crippen molar-refractivity contribution >= 4 is 56.8 Å². The molecule has 14 heteroatoms. The number of aromatic nitrogens is 1. The van der Waals surface area contributed by atoms with E-state index in [-0.39, 0.29) is 50.2 Å². The molecule has 1 aliphatic rings. The molecular formula is C30H33ClN2O10S. The number of thiophene rings is 1. The Morgan fingerprint density at radius 1 is 0.955 bits per heavy atom. The average Bonchev–Trinajstić information content (AvgIpc) is 3.61. The van der Waals surface area contributed by atoms with Gasteiger partial charge >= 0.3 is 11.9 Å². The molecule has 0 aliphatic carbocycles. The number of hydrogen-bond donors (Lipinski definition) is 2. The number of amides is 1. The highest BCUT2D eigenvalue weighted by Crippen LogP contribution is 2.43. The van der Waals surface area contributed by atoms with Gasteiger partial charge in [0, 0.05) is 38.4 Å². The van der Waals surface area contributed by atoms with Gasteiger partial charge in [0.1, 0.15) is 0 Å². The number of carboxylic acids is 2. The van der Waals surface area contributed by atoms with Crippen LogP contribution in [0.4, 0.5) is 0 Å². The third kappa shape index (κ3) is 7.33. The van der Waals surface area contributed by atoms with Crippen LogP contribution in [0.25, 0.3) is 10.2 Å². The van der Waals surface area contributed by atoms with E-state index in [1.807, 2.05) is 0 Å². The number of rotatable bonds is 15. The number of methoxy groups -OCH3 is 2. The van der Waals surface area contributed by atoms with Crippen LogP contribution in [0.3, 0.4) is 0 Å². The second-order valence-electron chi connectivity index (χ2n) is 10.5. The van der Waals surface area contributed by atoms with Gasteiger partial charge in [-0.2, -0.15) is 0 Å². The van der Waals surface area contributed by atoms with Gasteiger partial charge < -0.3 is 34.1 Å². The van der Waals surface area contributed by atoms with Crippen LogP contribution in [-0.2, 0) is 27.5 Å². The van der Waals surface area contributed by atoms with Crippen molar-refractivity contribution in [1.29, 1.82) is 0 Å². The molecule has 1 aliphatic heterocycles. The van der Waals surface area contributed by atoms with Gasteiger partial charge in [-0.1, -0.05) is 25.4 Å². The second kappa shape index (κ2) is 14.1. The predicted molar refractivity (Wildman–Crippen MR) is 161 cm³/mol. The lowest BCUT2D eigenvalue weighted by molar-refractivity contribution is -0.145. The molecule has 12 nitrogen and oxygen atoms in total. The van der Waals surface area contributed by atoms with Crippen molar-refractivity contribution in [2.24, 2.45) is 11.8 Å². The van der Waals surface area contributed by atoms with Crippen LogP contribution in [0.1, 0.15) is 53.9 Å². The molecule has 0 radical (unpaired) electrons. The Hall–Kier alpha value is -4.10. The molecule has 4 rings (SSSR count). The van der Waals surface area contributed by atoms with Gasteiger partial charge in [0.15, 0.2) is 23.0 Å². The first kappa shape index (κ1) is 32.8. The van der Waals surface area contributed by atoms with Crippen LogP contribution in [0.5, 0.6) is 23.1 Å². The highest BCUT2D eigenvalue weighted by atomic mass is 35.5. The third-order valence-electron chi connectivity index (χ3n) is 7.18. The number of ether oxygens (including phenoxy) is 4. The van der Waals surface area contributed by atoms with Crippen LogP contribution in [0.15, 0.2) is 18.2 Å². The van der Waals surface area contributed by atoms with Crippen LogP contribution >= 0.6 is 22.9 Å². The van der Waals surface area contributed by atoms with E-state index in [0.717, 1.165) is 11.1 Å². The monoisotopic (exact) mass is 648 g/mol. The quantitative estimate of drug-likeness (QED) is 0.167. The summed E-state index contributed by atoms with van der Waals surface area (Å²) in [4.78, 5) is 54.0. The van der Waals surface area contributed by atoms with Crippen molar-refractivity contribution in [2.75, 3.05) is 27.4 Å². The van der Waals surface area contributed by atoms with Crippen molar-refractivity contribution in [1.82, 2.24) is 9.88 Å². The number of pyridine rings is 1. The highest BCUT2D eigenvalue weighted by molar-refractivity contribution is 7.20. The van der Waals surface area contributed by atoms with Crippen LogP contribution in [-0.4, -0.2) is 71.2 Å². The summed E-state index contributed by atoms with van der Waals surface area (Å²) in [7, 11) is 2.97. The summed E-state index contributed by atoms with van der Waals surface area (Å²) in [5.74, 6) is -2.80. The number of ketones is 1. The Labute approximate surface area is 262 Å². The molecule has 44 heavy (non-hydrogen) atoms. The molecule has 2 N–H and O–H groups in total. The summed E-state index contributed by atoms with van der Waals surface area (Å²) < 4.78 is 23.5. The lowest BCUT2D eigenvalue weighted by Gasteiger charge is -2.17. The Kier molecular flexibility index (Phi) is 10.5. The van der Waals surface area contributed by atoms with Crippen molar-refractivity contribution in [3.05, 3.63) is 39.2 Å². The van der Waals surface area contributed by atoms with Gasteiger partial charge in [0.2, 0.25) is 5.91 Å². The number of Topliss-reactive ketones (excluding diaryl/α,β-unsaturated/α-hetero) is 1. The lowest BCUT2D eigenvalue weighted by atomic mass is 10.0. The first-order chi connectivity index (χ1) is 20.9. The molecule has 0 saturated heterocycles. The Morgan fingerprint density at radius 2 is 1.61 bits per heavy atom. The first-order valence-corrected chi connectivity index (χ1v) is 15.0. The number of aliphatic carboxylic acids is 2. The number of carbonyl (C=O) groups is 4. The minimum atomic E-state index is -1.03. The molecule has 3 aromatic rings. The summed E-state index contributed by atoms with van der Waals surface area (Å²) in [5.41, 5.74) is 2.07. The highest BCUT2D eigenvalue weighted by Gasteiger charge is 2.30. The summed E-state index contributed by atoms with van der Waals surface area (Å²) >= 11 is 7.90. The zero-order valence-electron chi connectivity index (χ0n) is 24.7. The number of fused-ring (bicyclic) bond motifs is 2. The zero-order valence-corrected chi connectivity index (χ0v) is 26.2. The number of benzene rings is 1. The van der Waals surface area contributed by atoms with Crippen LogP contribution in [0, 0.1) is 11.8 Å². The maximum atomic E-state index is 12.6. The molecule has 3 heterocycles. The maximum Gasteiger partial charge on any atom is 0.306 e. The van der Waals surface area contributed by atoms with Gasteiger partial charge in [0.25, 0.3) is 5.88 Å². The van der Waals surface area contributed by atoms with Gasteiger partial charge in [-0.3, -0.25) is 19.2 Å². The van der Waals surface area contributed by atoms with E-state index in [4.69, 9.17) is 40.8 Å². The SMILES string of the molecule is COc1cc2sc(C(=O)C[C@H](C)C(=O)O)cc2nc1OCCCOc1c(OC)cc2c(c1Cl)CN(C(=O)C[C@H](C)C(=O)O)C2. The average molecular weight is 649 g/mol. The molecule has 0 fully saturated rings. The molecule has 236 valence electrons. The van der Waals surface area contributed by atoms with Gasteiger partial charge in [-0.15, -0.1) is 11.3 Å². The van der Waals surface area contributed by atoms with E-state index in [1.54, 1.807) is 23.1 Å². The summed E-state index contributed by atoms with van der Waals surface area (Å²) in [5, 5.41) is 18.6. The van der Waals surface area contributed by atoms with Gasteiger partial charge in [-0.25, -0.2) is 4.98 Å². The molecule has 2 atom stereocenters. The number of nitrogens with zero attached hydrogens (tertiary/aromatic N) is 2. The fourth-order valence-electron chi connectivity index (χ4n) is 4.59. The van der Waals surface area contributed by atoms with Crippen molar-refractivity contribution in [3.63, 3.8) is 0 Å². The molecule has 2 aromatic heterocycles. The molecule has 1 amide bonds. The van der Waals surface area contributed by atoms with E-state index < -0.39 is 23.8 Å². The topological polar surface area (TPSA) is 162 Å². The molecule has 0 saturated carbocycles. The summed E-state index contributed by atoms with van der Waals surface area (Å²) in [6, 6.07) is 5.12. The minimum Gasteiger partial charge on any atom is -0.493 e. The lowest BCUT2D eigenvalue weighted by Crippen LogP contribution is -2.28. The van der Waals surface area contributed by atoms with E-state index in [9.17, 15) is 19.2 Å². The molecule has 0 unspecified atom stereocenters. The fraction of sp³-hybridized carbons (Fsp3) is 0.433. The standard InChI is InChI=1S/C30H33ClN2O10S/c1-15(29(36)37)8-20(34)24-11-19-23(44-24)12-22(41-4)28(32-19)43-7-5-6-42-27-21(40-3)10-17-13-33(14-18(17)26(27)31)25(35)9-16(2)30(38)39/h10-12,15-16H,5-9,13-14H2,1-4H3,(H,36,37)(H,38,39)/t15-,16-/m0/s1. The Balaban J connectivity index is 1.37. The molecular weight excluding hydrogens is 616 g/mol. The van der Waals surface area contributed by atoms with E-state index >= 15 is 0 Å². The summed E-state index contributed by atoms with van der Waals surface area (Å²) in [6.45, 7) is 3.96. The van der Waals surface area contributed by atoms with E-state index in [1.165, 1.54) is 39.4 Å². The number of hydrogen-bond acceptors (Lipinski definition) is 10. The molecule has 0 bridgehead atoms. The van der Waals surface area contributed by atoms with Crippen molar-refractivity contribution in [3.8, 4) is 23.1 Å². The number of carboxylic acid groups (broad SMARTS) is 2. The zero-order chi connectivity index (χ0) is 32.1. The predicted octanol–water partition coefficient (Wildman–Crippen LogP) is 5.06. The van der Waals surface area contributed by atoms with Crippen molar-refractivity contribution in [2.45, 2.75) is 46.2 Å². The number of carbonyl (C=O) groups excluding carboxylic acids is 2. The largest absolute Gasteiger partial charge is 0.493 e. The van der Waals surface area contributed by atoms with Crippen molar-refractivity contribution < 1.29 is 48.3 Å². The van der Waals surface area contributed by atoms with E-state index in [2.05, 4.69) is 4.98 Å². The Morgan fingerprint density at radius 3 is 2.27 bits per heavy atom. The normalized spacial score (nSPS) is 13.7. The minimum absolute atomic E-state index is 0.105. The third-order valence-corrected chi connectivity index (χ3v) is 8.70.